The van der Waals surface area contributed by atoms with Gasteiger partial charge in [-0.15, -0.1) is 0 Å². The van der Waals surface area contributed by atoms with Crippen molar-refractivity contribution in [3.63, 3.8) is 0 Å². The minimum Gasteiger partial charge on any atom is -0.480 e. The number of carboxylic acid groups (broad SMARTS) is 1. The lowest BCUT2D eigenvalue weighted by molar-refractivity contribution is -0.141. The van der Waals surface area contributed by atoms with Crippen LogP contribution in [0.1, 0.15) is 18.4 Å². The molecule has 1 heterocycles. The molecule has 1 aromatic rings. The van der Waals surface area contributed by atoms with Gasteiger partial charge in [0.05, 0.1) is 0 Å². The molecule has 1 aliphatic heterocycles. The van der Waals surface area contributed by atoms with Gasteiger partial charge in [-0.3, -0.25) is 0 Å². The summed E-state index contributed by atoms with van der Waals surface area (Å²) in [6.45, 7) is 1.12. The van der Waals surface area contributed by atoms with Crippen molar-refractivity contribution in [2.75, 3.05) is 20.1 Å². The van der Waals surface area contributed by atoms with Crippen LogP contribution < -0.4 is 0 Å². The second-order valence-electron chi connectivity index (χ2n) is 5.13. The highest BCUT2D eigenvalue weighted by molar-refractivity contribution is 5.83. The molecular weight excluding hydrogens is 256 g/mol. The molecule has 1 aromatic carbocycles. The summed E-state index contributed by atoms with van der Waals surface area (Å²) in [6.07, 6.45) is 2.08. The number of urea groups is 1. The monoisotopic (exact) mass is 276 g/mol. The quantitative estimate of drug-likeness (QED) is 0.912. The Bertz CT molecular complexity index is 475. The smallest absolute Gasteiger partial charge is 0.326 e. The Kier molecular flexibility index (Phi) is 4.61. The van der Waals surface area contributed by atoms with Crippen molar-refractivity contribution in [1.82, 2.24) is 9.80 Å². The summed E-state index contributed by atoms with van der Waals surface area (Å²) in [7, 11) is 1.72. The van der Waals surface area contributed by atoms with E-state index >= 15 is 0 Å². The zero-order valence-corrected chi connectivity index (χ0v) is 11.7. The van der Waals surface area contributed by atoms with Gasteiger partial charge in [0.1, 0.15) is 6.04 Å². The normalized spacial score (nSPS) is 18.1. The first-order valence-electron chi connectivity index (χ1n) is 6.88. The highest BCUT2D eigenvalue weighted by Gasteiger charge is 2.35. The second kappa shape index (κ2) is 6.41. The van der Waals surface area contributed by atoms with E-state index in [2.05, 4.69) is 0 Å². The minimum atomic E-state index is -0.910. The van der Waals surface area contributed by atoms with Crippen molar-refractivity contribution < 1.29 is 14.7 Å². The molecule has 2 amide bonds. The van der Waals surface area contributed by atoms with Crippen LogP contribution in [0.25, 0.3) is 0 Å². The van der Waals surface area contributed by atoms with Gasteiger partial charge in [0.25, 0.3) is 0 Å². The molecule has 5 nitrogen and oxygen atoms in total. The number of aliphatic carboxylic acids is 1. The molecule has 0 radical (unpaired) electrons. The molecule has 20 heavy (non-hydrogen) atoms. The lowest BCUT2D eigenvalue weighted by atomic mass is 10.1. The minimum absolute atomic E-state index is 0.189. The Labute approximate surface area is 118 Å². The van der Waals surface area contributed by atoms with Crippen LogP contribution in [-0.2, 0) is 11.2 Å². The fourth-order valence-electron chi connectivity index (χ4n) is 2.51. The van der Waals surface area contributed by atoms with Gasteiger partial charge in [0.15, 0.2) is 0 Å². The number of carbonyl (C=O) groups is 2. The number of carboxylic acids is 1. The zero-order valence-electron chi connectivity index (χ0n) is 11.7. The number of likely N-dealkylation sites (N-methyl/N-ethyl adjacent to an activating group) is 1. The van der Waals surface area contributed by atoms with Gasteiger partial charge >= 0.3 is 12.0 Å². The van der Waals surface area contributed by atoms with Gasteiger partial charge < -0.3 is 14.9 Å². The standard InChI is InChI=1S/C15H20N2O3/c1-16(11-9-12-6-3-2-4-7-12)15(20)17-10-5-8-13(17)14(18)19/h2-4,6-7,13H,5,8-11H2,1H3,(H,18,19)/t13-/m1/s1. The molecular formula is C15H20N2O3. The zero-order chi connectivity index (χ0) is 14.5. The van der Waals surface area contributed by atoms with E-state index in [1.165, 1.54) is 10.5 Å². The summed E-state index contributed by atoms with van der Waals surface area (Å²) in [4.78, 5) is 26.4. The first kappa shape index (κ1) is 14.4. The van der Waals surface area contributed by atoms with Crippen LogP contribution in [-0.4, -0.2) is 53.1 Å². The lowest BCUT2D eigenvalue weighted by Gasteiger charge is -2.27. The topological polar surface area (TPSA) is 60.9 Å². The fraction of sp³-hybridized carbons (Fsp3) is 0.467. The molecule has 0 aromatic heterocycles. The van der Waals surface area contributed by atoms with Gasteiger partial charge in [-0.05, 0) is 24.8 Å². The molecule has 0 unspecified atom stereocenters. The summed E-state index contributed by atoms with van der Waals surface area (Å²) in [5.41, 5.74) is 1.17. The molecule has 1 N–H and O–H groups in total. The largest absolute Gasteiger partial charge is 0.480 e. The highest BCUT2D eigenvalue weighted by Crippen LogP contribution is 2.19. The molecule has 0 aliphatic carbocycles. The second-order valence-corrected chi connectivity index (χ2v) is 5.13. The Balaban J connectivity index is 1.90. The molecule has 2 rings (SSSR count). The third-order valence-electron chi connectivity index (χ3n) is 3.69. The number of rotatable bonds is 4. The van der Waals surface area contributed by atoms with Crippen molar-refractivity contribution in [3.05, 3.63) is 35.9 Å². The number of nitrogens with zero attached hydrogens (tertiary/aromatic N) is 2. The van der Waals surface area contributed by atoms with Crippen molar-refractivity contribution >= 4 is 12.0 Å². The average Bonchev–Trinajstić information content (AvgIpc) is 2.94. The van der Waals surface area contributed by atoms with E-state index < -0.39 is 12.0 Å². The first-order chi connectivity index (χ1) is 9.59. The molecule has 0 bridgehead atoms. The van der Waals surface area contributed by atoms with Crippen molar-refractivity contribution in [1.29, 1.82) is 0 Å². The summed E-state index contributed by atoms with van der Waals surface area (Å²) in [5.74, 6) is -0.910. The third kappa shape index (κ3) is 3.29. The van der Waals surface area contributed by atoms with E-state index in [-0.39, 0.29) is 6.03 Å². The van der Waals surface area contributed by atoms with Crippen LogP contribution in [0.3, 0.4) is 0 Å². The van der Waals surface area contributed by atoms with Gasteiger partial charge in [0, 0.05) is 20.1 Å². The van der Waals surface area contributed by atoms with Gasteiger partial charge in [-0.1, -0.05) is 30.3 Å². The van der Waals surface area contributed by atoms with Crippen LogP contribution >= 0.6 is 0 Å². The van der Waals surface area contributed by atoms with Crippen LogP contribution in [0.2, 0.25) is 0 Å². The van der Waals surface area contributed by atoms with Crippen molar-refractivity contribution in [3.8, 4) is 0 Å². The highest BCUT2D eigenvalue weighted by atomic mass is 16.4. The Morgan fingerprint density at radius 1 is 1.35 bits per heavy atom. The molecule has 1 atom stereocenters. The number of likely N-dealkylation sites (tertiary alicyclic amines) is 1. The maximum absolute atomic E-state index is 12.3. The Hall–Kier alpha value is -2.04. The van der Waals surface area contributed by atoms with E-state index in [0.29, 0.717) is 19.5 Å². The SMILES string of the molecule is CN(CCc1ccccc1)C(=O)N1CCC[C@@H]1C(=O)O. The molecule has 1 fully saturated rings. The maximum Gasteiger partial charge on any atom is 0.326 e. The van der Waals surface area contributed by atoms with Gasteiger partial charge in [-0.25, -0.2) is 9.59 Å². The van der Waals surface area contributed by atoms with Crippen LogP contribution in [0, 0.1) is 0 Å². The molecule has 0 saturated carbocycles. The number of hydrogen-bond donors (Lipinski definition) is 1. The predicted molar refractivity (Wildman–Crippen MR) is 75.5 cm³/mol. The van der Waals surface area contributed by atoms with Crippen LogP contribution in [0.4, 0.5) is 4.79 Å². The molecule has 0 spiro atoms. The summed E-state index contributed by atoms with van der Waals surface area (Å²) < 4.78 is 0. The Morgan fingerprint density at radius 3 is 2.70 bits per heavy atom. The van der Waals surface area contributed by atoms with E-state index in [1.807, 2.05) is 30.3 Å². The molecule has 5 heteroatoms. The van der Waals surface area contributed by atoms with Crippen LogP contribution in [0.5, 0.6) is 0 Å². The first-order valence-corrected chi connectivity index (χ1v) is 6.88. The number of benzene rings is 1. The lowest BCUT2D eigenvalue weighted by Crippen LogP contribution is -2.47. The van der Waals surface area contributed by atoms with Crippen LogP contribution in [0.15, 0.2) is 30.3 Å². The fourth-order valence-corrected chi connectivity index (χ4v) is 2.51. The summed E-state index contributed by atoms with van der Waals surface area (Å²) in [5, 5.41) is 9.11. The van der Waals surface area contributed by atoms with Gasteiger partial charge in [0.2, 0.25) is 0 Å². The summed E-state index contributed by atoms with van der Waals surface area (Å²) >= 11 is 0. The number of amides is 2. The van der Waals surface area contributed by atoms with E-state index in [4.69, 9.17) is 5.11 Å². The Morgan fingerprint density at radius 2 is 2.05 bits per heavy atom. The predicted octanol–water partition coefficient (Wildman–Crippen LogP) is 1.83. The molecule has 108 valence electrons. The number of carbonyl (C=O) groups excluding carboxylic acids is 1. The molecule has 1 aliphatic rings. The molecule has 1 saturated heterocycles. The van der Waals surface area contributed by atoms with E-state index in [1.54, 1.807) is 11.9 Å². The van der Waals surface area contributed by atoms with E-state index in [0.717, 1.165) is 12.8 Å². The summed E-state index contributed by atoms with van der Waals surface area (Å²) in [6, 6.07) is 9.09. The van der Waals surface area contributed by atoms with Gasteiger partial charge in [-0.2, -0.15) is 0 Å². The average molecular weight is 276 g/mol. The van der Waals surface area contributed by atoms with E-state index in [9.17, 15) is 9.59 Å². The third-order valence-corrected chi connectivity index (χ3v) is 3.69. The van der Waals surface area contributed by atoms with Crippen molar-refractivity contribution in [2.24, 2.45) is 0 Å². The van der Waals surface area contributed by atoms with Crippen molar-refractivity contribution in [2.45, 2.75) is 25.3 Å². The number of hydrogen-bond acceptors (Lipinski definition) is 2. The maximum atomic E-state index is 12.3.